The molecule has 0 spiro atoms. The van der Waals surface area contributed by atoms with Crippen LogP contribution in [0.1, 0.15) is 5.01 Å². The van der Waals surface area contributed by atoms with Crippen LogP contribution in [0.4, 0.5) is 13.2 Å². The zero-order chi connectivity index (χ0) is 10.3. The molecule has 0 bridgehead atoms. The van der Waals surface area contributed by atoms with E-state index < -0.39 is 11.2 Å². The molecule has 1 aromatic heterocycles. The lowest BCUT2D eigenvalue weighted by atomic mass is 10.3. The molecular formula is C8H3ClF3NS. The minimum Gasteiger partial charge on any atom is -0.232 e. The number of halogens is 4. The molecule has 0 aliphatic carbocycles. The van der Waals surface area contributed by atoms with Crippen molar-refractivity contribution in [3.8, 4) is 0 Å². The molecule has 0 fully saturated rings. The Morgan fingerprint density at radius 2 is 2.00 bits per heavy atom. The molecule has 0 atom stereocenters. The van der Waals surface area contributed by atoms with Crippen LogP contribution in [0, 0.1) is 0 Å². The molecule has 0 amide bonds. The van der Waals surface area contributed by atoms with Crippen LogP contribution in [0.3, 0.4) is 0 Å². The smallest absolute Gasteiger partial charge is 0.232 e. The highest BCUT2D eigenvalue weighted by atomic mass is 35.5. The molecule has 1 aromatic carbocycles. The first-order chi connectivity index (χ1) is 6.48. The lowest BCUT2D eigenvalue weighted by Crippen LogP contribution is -2.03. The highest BCUT2D eigenvalue weighted by molar-refractivity contribution is 7.19. The van der Waals surface area contributed by atoms with Crippen molar-refractivity contribution in [2.24, 2.45) is 0 Å². The van der Waals surface area contributed by atoms with E-state index in [9.17, 15) is 13.2 Å². The van der Waals surface area contributed by atoms with Crippen molar-refractivity contribution in [1.29, 1.82) is 0 Å². The standard InChI is InChI=1S/C8H3ClF3NS/c9-4-2-1-3-5-6(4)14-7(13-5)8(10,11)12/h1-3H. The zero-order valence-corrected chi connectivity index (χ0v) is 8.17. The quantitative estimate of drug-likeness (QED) is 0.676. The summed E-state index contributed by atoms with van der Waals surface area (Å²) in [6.45, 7) is 0. The van der Waals surface area contributed by atoms with E-state index in [1.807, 2.05) is 0 Å². The van der Waals surface area contributed by atoms with Crippen molar-refractivity contribution in [3.05, 3.63) is 28.2 Å². The fourth-order valence-corrected chi connectivity index (χ4v) is 2.16. The number of fused-ring (bicyclic) bond motifs is 1. The van der Waals surface area contributed by atoms with E-state index in [1.54, 1.807) is 12.1 Å². The minimum atomic E-state index is -4.40. The summed E-state index contributed by atoms with van der Waals surface area (Å²) in [5, 5.41) is -0.559. The van der Waals surface area contributed by atoms with Crippen LogP contribution in [0.2, 0.25) is 5.02 Å². The second-order valence-corrected chi connectivity index (χ2v) is 4.01. The van der Waals surface area contributed by atoms with Crippen LogP contribution in [-0.4, -0.2) is 4.98 Å². The van der Waals surface area contributed by atoms with Gasteiger partial charge in [-0.1, -0.05) is 17.7 Å². The Morgan fingerprint density at radius 1 is 1.29 bits per heavy atom. The molecular weight excluding hydrogens is 235 g/mol. The molecule has 0 saturated heterocycles. The monoisotopic (exact) mass is 237 g/mol. The maximum Gasteiger partial charge on any atom is 0.443 e. The molecule has 0 saturated carbocycles. The van der Waals surface area contributed by atoms with E-state index in [0.717, 1.165) is 0 Å². The average Bonchev–Trinajstić information content (AvgIpc) is 2.48. The molecule has 0 N–H and O–H groups in total. The Kier molecular flexibility index (Phi) is 2.16. The highest BCUT2D eigenvalue weighted by Gasteiger charge is 2.35. The number of alkyl halides is 3. The first kappa shape index (κ1) is 9.73. The average molecular weight is 238 g/mol. The minimum absolute atomic E-state index is 0.287. The maximum atomic E-state index is 12.3. The summed E-state index contributed by atoms with van der Waals surface area (Å²) in [6.07, 6.45) is -4.40. The molecule has 0 aliphatic rings. The molecule has 0 radical (unpaired) electrons. The molecule has 0 unspecified atom stereocenters. The van der Waals surface area contributed by atoms with E-state index in [4.69, 9.17) is 11.6 Å². The molecule has 14 heavy (non-hydrogen) atoms. The van der Waals surface area contributed by atoms with Gasteiger partial charge in [-0.2, -0.15) is 13.2 Å². The third-order valence-corrected chi connectivity index (χ3v) is 3.19. The van der Waals surface area contributed by atoms with Crippen molar-refractivity contribution >= 4 is 33.2 Å². The van der Waals surface area contributed by atoms with Crippen LogP contribution in [0.5, 0.6) is 0 Å². The normalized spacial score (nSPS) is 12.3. The van der Waals surface area contributed by atoms with E-state index in [1.165, 1.54) is 6.07 Å². The molecule has 6 heteroatoms. The van der Waals surface area contributed by atoms with E-state index in [-0.39, 0.29) is 5.52 Å². The molecule has 74 valence electrons. The number of nitrogens with zero attached hydrogens (tertiary/aromatic N) is 1. The topological polar surface area (TPSA) is 12.9 Å². The Labute approximate surface area is 86.1 Å². The van der Waals surface area contributed by atoms with Gasteiger partial charge in [-0.05, 0) is 12.1 Å². The molecule has 2 rings (SSSR count). The van der Waals surface area contributed by atoms with E-state index >= 15 is 0 Å². The predicted molar refractivity (Wildman–Crippen MR) is 49.6 cm³/mol. The Bertz CT molecular complexity index is 477. The predicted octanol–water partition coefficient (Wildman–Crippen LogP) is 3.97. The van der Waals surface area contributed by atoms with Crippen molar-refractivity contribution in [2.45, 2.75) is 6.18 Å². The van der Waals surface area contributed by atoms with Gasteiger partial charge in [-0.3, -0.25) is 0 Å². The van der Waals surface area contributed by atoms with Crippen molar-refractivity contribution < 1.29 is 13.2 Å². The van der Waals surface area contributed by atoms with Crippen LogP contribution >= 0.6 is 22.9 Å². The SMILES string of the molecule is FC(F)(F)c1nc2cccc(Cl)c2s1. The maximum absolute atomic E-state index is 12.3. The summed E-state index contributed by atoms with van der Waals surface area (Å²) in [4.78, 5) is 3.45. The summed E-state index contributed by atoms with van der Waals surface area (Å²) in [5.74, 6) is 0. The number of aromatic nitrogens is 1. The first-order valence-electron chi connectivity index (χ1n) is 3.61. The lowest BCUT2D eigenvalue weighted by Gasteiger charge is -1.98. The second kappa shape index (κ2) is 3.10. The highest BCUT2D eigenvalue weighted by Crippen LogP contribution is 2.37. The van der Waals surface area contributed by atoms with Crippen molar-refractivity contribution in [3.63, 3.8) is 0 Å². The van der Waals surface area contributed by atoms with E-state index in [0.29, 0.717) is 21.1 Å². The van der Waals surface area contributed by atoms with Gasteiger partial charge in [0.05, 0.1) is 15.2 Å². The van der Waals surface area contributed by atoms with Crippen LogP contribution in [0.15, 0.2) is 18.2 Å². The van der Waals surface area contributed by atoms with Gasteiger partial charge in [0.15, 0.2) is 5.01 Å². The summed E-state index contributed by atoms with van der Waals surface area (Å²) in [5.41, 5.74) is 0.287. The molecule has 2 aromatic rings. The molecule has 1 nitrogen and oxygen atoms in total. The third-order valence-electron chi connectivity index (χ3n) is 1.61. The first-order valence-corrected chi connectivity index (χ1v) is 4.80. The van der Waals surface area contributed by atoms with Gasteiger partial charge in [0.25, 0.3) is 0 Å². The van der Waals surface area contributed by atoms with Gasteiger partial charge in [0.1, 0.15) is 0 Å². The van der Waals surface area contributed by atoms with Gasteiger partial charge in [0.2, 0.25) is 0 Å². The number of thiazole rings is 1. The van der Waals surface area contributed by atoms with Crippen LogP contribution in [-0.2, 0) is 6.18 Å². The summed E-state index contributed by atoms with van der Waals surface area (Å²) in [7, 11) is 0. The largest absolute Gasteiger partial charge is 0.443 e. The summed E-state index contributed by atoms with van der Waals surface area (Å²) >= 11 is 6.29. The van der Waals surface area contributed by atoms with Gasteiger partial charge in [-0.15, -0.1) is 11.3 Å². The number of benzene rings is 1. The zero-order valence-electron chi connectivity index (χ0n) is 6.60. The number of hydrogen-bond donors (Lipinski definition) is 0. The Morgan fingerprint density at radius 3 is 2.57 bits per heavy atom. The van der Waals surface area contributed by atoms with Crippen LogP contribution < -0.4 is 0 Å². The number of hydrogen-bond acceptors (Lipinski definition) is 2. The van der Waals surface area contributed by atoms with Crippen molar-refractivity contribution in [2.75, 3.05) is 0 Å². The third kappa shape index (κ3) is 1.57. The molecule has 1 heterocycles. The number of rotatable bonds is 0. The second-order valence-electron chi connectivity index (χ2n) is 2.60. The van der Waals surface area contributed by atoms with Gasteiger partial charge in [0, 0.05) is 0 Å². The van der Waals surface area contributed by atoms with E-state index in [2.05, 4.69) is 4.98 Å². The van der Waals surface area contributed by atoms with Gasteiger partial charge in [-0.25, -0.2) is 4.98 Å². The lowest BCUT2D eigenvalue weighted by molar-refractivity contribution is -0.137. The van der Waals surface area contributed by atoms with Crippen LogP contribution in [0.25, 0.3) is 10.2 Å². The molecule has 0 aliphatic heterocycles. The fraction of sp³-hybridized carbons (Fsp3) is 0.125. The van der Waals surface area contributed by atoms with Gasteiger partial charge >= 0.3 is 6.18 Å². The Hall–Kier alpha value is -0.810. The summed E-state index contributed by atoms with van der Waals surface area (Å²) in [6, 6.07) is 4.62. The van der Waals surface area contributed by atoms with Gasteiger partial charge < -0.3 is 0 Å². The summed E-state index contributed by atoms with van der Waals surface area (Å²) < 4.78 is 37.2. The van der Waals surface area contributed by atoms with Crippen molar-refractivity contribution in [1.82, 2.24) is 4.98 Å². The fourth-order valence-electron chi connectivity index (χ4n) is 1.04. The Balaban J connectivity index is 2.69.